The minimum Gasteiger partial charge on any atom is -0.364 e. The van der Waals surface area contributed by atoms with E-state index in [0.717, 1.165) is 29.5 Å². The van der Waals surface area contributed by atoms with E-state index in [2.05, 4.69) is 40.2 Å². The van der Waals surface area contributed by atoms with Gasteiger partial charge in [-0.3, -0.25) is 4.98 Å². The molecule has 2 heterocycles. The molecular weight excluding hydrogens is 224 g/mol. The lowest BCUT2D eigenvalue weighted by Gasteiger charge is -2.09. The lowest BCUT2D eigenvalue weighted by Crippen LogP contribution is -2.07. The van der Waals surface area contributed by atoms with Crippen LogP contribution in [0.4, 0.5) is 5.82 Å². The number of anilines is 1. The van der Waals surface area contributed by atoms with E-state index in [4.69, 9.17) is 0 Å². The van der Waals surface area contributed by atoms with Gasteiger partial charge >= 0.3 is 0 Å². The fourth-order valence-electron chi connectivity index (χ4n) is 1.78. The summed E-state index contributed by atoms with van der Waals surface area (Å²) in [5.74, 6) is 1.67. The van der Waals surface area contributed by atoms with Crippen molar-refractivity contribution in [2.75, 3.05) is 5.32 Å². The fourth-order valence-corrected chi connectivity index (χ4v) is 1.78. The maximum atomic E-state index is 4.38. The average molecular weight is 242 g/mol. The summed E-state index contributed by atoms with van der Waals surface area (Å²) in [6.45, 7) is 6.75. The van der Waals surface area contributed by atoms with E-state index in [1.807, 2.05) is 25.3 Å². The molecule has 2 aromatic heterocycles. The Labute approximate surface area is 108 Å². The second-order valence-corrected chi connectivity index (χ2v) is 4.27. The molecule has 0 aliphatic heterocycles. The normalized spacial score (nSPS) is 10.4. The van der Waals surface area contributed by atoms with Crippen LogP contribution in [0.25, 0.3) is 0 Å². The summed E-state index contributed by atoms with van der Waals surface area (Å²) in [4.78, 5) is 13.1. The summed E-state index contributed by atoms with van der Waals surface area (Å²) in [6, 6.07) is 6.00. The predicted molar refractivity (Wildman–Crippen MR) is 72.4 cm³/mol. The molecule has 0 atom stereocenters. The van der Waals surface area contributed by atoms with Gasteiger partial charge < -0.3 is 5.32 Å². The average Bonchev–Trinajstić information content (AvgIpc) is 2.37. The van der Waals surface area contributed by atoms with E-state index < -0.39 is 0 Å². The Balaban J connectivity index is 2.11. The Morgan fingerprint density at radius 3 is 2.78 bits per heavy atom. The highest BCUT2D eigenvalue weighted by atomic mass is 15.0. The van der Waals surface area contributed by atoms with Crippen molar-refractivity contribution in [3.63, 3.8) is 0 Å². The van der Waals surface area contributed by atoms with Crippen molar-refractivity contribution in [2.24, 2.45) is 0 Å². The van der Waals surface area contributed by atoms with Crippen LogP contribution in [0.1, 0.15) is 29.7 Å². The molecule has 0 saturated heterocycles. The van der Waals surface area contributed by atoms with Crippen molar-refractivity contribution >= 4 is 5.82 Å². The fraction of sp³-hybridized carbons (Fsp3) is 0.357. The second kappa shape index (κ2) is 5.58. The van der Waals surface area contributed by atoms with Crippen LogP contribution >= 0.6 is 0 Å². The summed E-state index contributed by atoms with van der Waals surface area (Å²) in [7, 11) is 0. The van der Waals surface area contributed by atoms with Gasteiger partial charge in [0, 0.05) is 18.0 Å². The van der Waals surface area contributed by atoms with Crippen LogP contribution in [0.5, 0.6) is 0 Å². The maximum absolute atomic E-state index is 4.38. The highest BCUT2D eigenvalue weighted by Crippen LogP contribution is 2.10. The summed E-state index contributed by atoms with van der Waals surface area (Å²) in [6.07, 6.45) is 2.73. The Kier molecular flexibility index (Phi) is 3.87. The smallest absolute Gasteiger partial charge is 0.130 e. The van der Waals surface area contributed by atoms with Gasteiger partial charge in [-0.25, -0.2) is 9.97 Å². The van der Waals surface area contributed by atoms with Crippen LogP contribution in [0.3, 0.4) is 0 Å². The number of rotatable bonds is 4. The Bertz CT molecular complexity index is 537. The van der Waals surface area contributed by atoms with E-state index >= 15 is 0 Å². The molecule has 0 aliphatic rings. The first kappa shape index (κ1) is 12.5. The molecule has 0 aromatic carbocycles. The molecule has 4 nitrogen and oxygen atoms in total. The van der Waals surface area contributed by atoms with Crippen LogP contribution in [0.2, 0.25) is 0 Å². The van der Waals surface area contributed by atoms with Gasteiger partial charge in [-0.2, -0.15) is 0 Å². The van der Waals surface area contributed by atoms with Crippen molar-refractivity contribution in [3.05, 3.63) is 47.2 Å². The van der Waals surface area contributed by atoms with E-state index in [9.17, 15) is 0 Å². The van der Waals surface area contributed by atoms with Crippen LogP contribution in [-0.4, -0.2) is 15.0 Å². The zero-order chi connectivity index (χ0) is 13.0. The SMILES string of the molecule is CCc1cc(NCc2ncccc2C)nc(C)n1. The van der Waals surface area contributed by atoms with Crippen LogP contribution in [0, 0.1) is 13.8 Å². The third-order valence-corrected chi connectivity index (χ3v) is 2.81. The van der Waals surface area contributed by atoms with Crippen molar-refractivity contribution in [3.8, 4) is 0 Å². The number of nitrogens with one attached hydrogen (secondary N) is 1. The lowest BCUT2D eigenvalue weighted by molar-refractivity contribution is 0.932. The molecule has 0 saturated carbocycles. The number of hydrogen-bond donors (Lipinski definition) is 1. The van der Waals surface area contributed by atoms with Gasteiger partial charge in [-0.1, -0.05) is 13.0 Å². The maximum Gasteiger partial charge on any atom is 0.130 e. The van der Waals surface area contributed by atoms with E-state index in [-0.39, 0.29) is 0 Å². The molecule has 94 valence electrons. The van der Waals surface area contributed by atoms with Gasteiger partial charge in [0.05, 0.1) is 12.2 Å². The number of aromatic nitrogens is 3. The molecule has 2 aromatic rings. The molecule has 0 unspecified atom stereocenters. The predicted octanol–water partition coefficient (Wildman–Crippen LogP) is 2.66. The van der Waals surface area contributed by atoms with Gasteiger partial charge in [0.15, 0.2) is 0 Å². The van der Waals surface area contributed by atoms with Crippen molar-refractivity contribution in [1.82, 2.24) is 15.0 Å². The zero-order valence-corrected chi connectivity index (χ0v) is 11.1. The highest BCUT2D eigenvalue weighted by Gasteiger charge is 2.02. The minimum absolute atomic E-state index is 0.687. The van der Waals surface area contributed by atoms with Gasteiger partial charge in [-0.15, -0.1) is 0 Å². The Morgan fingerprint density at radius 1 is 1.22 bits per heavy atom. The summed E-state index contributed by atoms with van der Waals surface area (Å²) in [5.41, 5.74) is 3.29. The molecule has 4 heteroatoms. The third kappa shape index (κ3) is 3.03. The molecule has 2 rings (SSSR count). The largest absolute Gasteiger partial charge is 0.364 e. The van der Waals surface area contributed by atoms with Gasteiger partial charge in [0.2, 0.25) is 0 Å². The quantitative estimate of drug-likeness (QED) is 0.895. The van der Waals surface area contributed by atoms with Gasteiger partial charge in [0.25, 0.3) is 0 Å². The monoisotopic (exact) mass is 242 g/mol. The standard InChI is InChI=1S/C14H18N4/c1-4-12-8-14(18-11(3)17-12)16-9-13-10(2)6-5-7-15-13/h5-8H,4,9H2,1-3H3,(H,16,17,18). The molecule has 0 aliphatic carbocycles. The highest BCUT2D eigenvalue weighted by molar-refractivity contribution is 5.37. The Hall–Kier alpha value is -1.97. The third-order valence-electron chi connectivity index (χ3n) is 2.81. The Morgan fingerprint density at radius 2 is 2.06 bits per heavy atom. The first-order valence-electron chi connectivity index (χ1n) is 6.18. The minimum atomic E-state index is 0.687. The molecule has 0 bridgehead atoms. The summed E-state index contributed by atoms with van der Waals surface area (Å²) in [5, 5.41) is 3.30. The van der Waals surface area contributed by atoms with Gasteiger partial charge in [0.1, 0.15) is 11.6 Å². The molecule has 0 amide bonds. The zero-order valence-electron chi connectivity index (χ0n) is 11.1. The molecule has 18 heavy (non-hydrogen) atoms. The molecule has 0 spiro atoms. The first-order chi connectivity index (χ1) is 8.69. The van der Waals surface area contributed by atoms with Crippen molar-refractivity contribution < 1.29 is 0 Å². The number of hydrogen-bond acceptors (Lipinski definition) is 4. The number of nitrogens with zero attached hydrogens (tertiary/aromatic N) is 3. The first-order valence-corrected chi connectivity index (χ1v) is 6.18. The molecule has 1 N–H and O–H groups in total. The summed E-state index contributed by atoms with van der Waals surface area (Å²) < 4.78 is 0. The number of pyridine rings is 1. The van der Waals surface area contributed by atoms with Crippen LogP contribution in [0.15, 0.2) is 24.4 Å². The van der Waals surface area contributed by atoms with Crippen LogP contribution < -0.4 is 5.32 Å². The van der Waals surface area contributed by atoms with E-state index in [0.29, 0.717) is 6.54 Å². The topological polar surface area (TPSA) is 50.7 Å². The van der Waals surface area contributed by atoms with Gasteiger partial charge in [-0.05, 0) is 31.9 Å². The molecule has 0 fully saturated rings. The molecule has 0 radical (unpaired) electrons. The van der Waals surface area contributed by atoms with Crippen molar-refractivity contribution in [2.45, 2.75) is 33.7 Å². The number of aryl methyl sites for hydroxylation is 3. The van der Waals surface area contributed by atoms with Crippen molar-refractivity contribution in [1.29, 1.82) is 0 Å². The van der Waals surface area contributed by atoms with E-state index in [1.54, 1.807) is 0 Å². The van der Waals surface area contributed by atoms with E-state index in [1.165, 1.54) is 5.56 Å². The lowest BCUT2D eigenvalue weighted by atomic mass is 10.2. The molecular formula is C14H18N4. The summed E-state index contributed by atoms with van der Waals surface area (Å²) >= 11 is 0. The van der Waals surface area contributed by atoms with Crippen LogP contribution in [-0.2, 0) is 13.0 Å². The second-order valence-electron chi connectivity index (χ2n) is 4.27.